The summed E-state index contributed by atoms with van der Waals surface area (Å²) in [7, 11) is 4.20. The number of likely N-dealkylation sites (N-methyl/N-ethyl adjacent to an activating group) is 1. The zero-order valence-corrected chi connectivity index (χ0v) is 7.18. The third-order valence-electron chi connectivity index (χ3n) is 2.06. The molecule has 1 heteroatoms. The van der Waals surface area contributed by atoms with Gasteiger partial charge in [0.05, 0.1) is 0 Å². The van der Waals surface area contributed by atoms with Crippen molar-refractivity contribution in [3.05, 3.63) is 23.3 Å². The smallest absolute Gasteiger partial charge is 0.0467 e. The maximum Gasteiger partial charge on any atom is 0.0467 e. The predicted octanol–water partition coefficient (Wildman–Crippen LogP) is 1.82. The molecule has 0 heterocycles. The van der Waals surface area contributed by atoms with Gasteiger partial charge in [0.2, 0.25) is 0 Å². The summed E-state index contributed by atoms with van der Waals surface area (Å²) in [5.41, 5.74) is 2.83. The number of rotatable bonds is 1. The van der Waals surface area contributed by atoms with E-state index in [1.165, 1.54) is 11.1 Å². The Morgan fingerprint density at radius 2 is 1.50 bits per heavy atom. The molecule has 0 aromatic carbocycles. The van der Waals surface area contributed by atoms with Gasteiger partial charge in [-0.25, -0.2) is 0 Å². The van der Waals surface area contributed by atoms with Crippen LogP contribution in [0.4, 0.5) is 0 Å². The Bertz CT molecular complexity index is 169. The average molecular weight is 137 g/mol. The van der Waals surface area contributed by atoms with Crippen LogP contribution in [0.1, 0.15) is 13.8 Å². The van der Waals surface area contributed by atoms with Crippen molar-refractivity contribution in [2.45, 2.75) is 19.9 Å². The van der Waals surface area contributed by atoms with Crippen molar-refractivity contribution in [3.8, 4) is 0 Å². The molecule has 0 unspecified atom stereocenters. The lowest BCUT2D eigenvalue weighted by Gasteiger charge is -2.13. The van der Waals surface area contributed by atoms with Gasteiger partial charge in [-0.3, -0.25) is 4.90 Å². The van der Waals surface area contributed by atoms with E-state index in [2.05, 4.69) is 45.0 Å². The van der Waals surface area contributed by atoms with Gasteiger partial charge in [0, 0.05) is 6.04 Å². The van der Waals surface area contributed by atoms with E-state index >= 15 is 0 Å². The van der Waals surface area contributed by atoms with Crippen LogP contribution in [0.3, 0.4) is 0 Å². The third kappa shape index (κ3) is 1.29. The van der Waals surface area contributed by atoms with Crippen molar-refractivity contribution in [2.75, 3.05) is 14.1 Å². The molecule has 0 spiro atoms. The maximum absolute atomic E-state index is 2.29. The summed E-state index contributed by atoms with van der Waals surface area (Å²) in [5, 5.41) is 0. The van der Waals surface area contributed by atoms with E-state index in [0.29, 0.717) is 6.04 Å². The van der Waals surface area contributed by atoms with E-state index in [-0.39, 0.29) is 0 Å². The minimum Gasteiger partial charge on any atom is -0.300 e. The summed E-state index contributed by atoms with van der Waals surface area (Å²) in [6.07, 6.45) is 4.57. The largest absolute Gasteiger partial charge is 0.300 e. The molecule has 0 aromatic heterocycles. The lowest BCUT2D eigenvalue weighted by molar-refractivity contribution is 0.393. The molecule has 1 nitrogen and oxygen atoms in total. The van der Waals surface area contributed by atoms with Gasteiger partial charge >= 0.3 is 0 Å². The Labute approximate surface area is 63.0 Å². The first kappa shape index (κ1) is 7.55. The standard InChI is InChI=1S/C9H15N/c1-7-5-9(10(3)4)6-8(7)2/h5-6,9H,1-4H3. The van der Waals surface area contributed by atoms with E-state index in [0.717, 1.165) is 0 Å². The summed E-state index contributed by atoms with van der Waals surface area (Å²) in [4.78, 5) is 2.21. The van der Waals surface area contributed by atoms with Gasteiger partial charge in [0.25, 0.3) is 0 Å². The lowest BCUT2D eigenvalue weighted by Crippen LogP contribution is -2.22. The fourth-order valence-electron chi connectivity index (χ4n) is 1.12. The van der Waals surface area contributed by atoms with Crippen molar-refractivity contribution < 1.29 is 0 Å². The van der Waals surface area contributed by atoms with Gasteiger partial charge in [-0.2, -0.15) is 0 Å². The first-order chi connectivity index (χ1) is 4.61. The topological polar surface area (TPSA) is 3.24 Å². The molecule has 0 radical (unpaired) electrons. The van der Waals surface area contributed by atoms with Crippen LogP contribution in [0.15, 0.2) is 23.3 Å². The average Bonchev–Trinajstić information content (AvgIpc) is 2.13. The van der Waals surface area contributed by atoms with Crippen LogP contribution >= 0.6 is 0 Å². The summed E-state index contributed by atoms with van der Waals surface area (Å²) < 4.78 is 0. The summed E-state index contributed by atoms with van der Waals surface area (Å²) in [6, 6.07) is 0.528. The van der Waals surface area contributed by atoms with E-state index < -0.39 is 0 Å². The van der Waals surface area contributed by atoms with Crippen LogP contribution in [0, 0.1) is 0 Å². The molecule has 0 fully saturated rings. The first-order valence-corrected chi connectivity index (χ1v) is 3.65. The molecule has 10 heavy (non-hydrogen) atoms. The lowest BCUT2D eigenvalue weighted by atomic mass is 10.2. The number of nitrogens with zero attached hydrogens (tertiary/aromatic N) is 1. The van der Waals surface area contributed by atoms with Crippen molar-refractivity contribution in [1.29, 1.82) is 0 Å². The highest BCUT2D eigenvalue weighted by Gasteiger charge is 2.11. The van der Waals surface area contributed by atoms with Gasteiger partial charge in [-0.05, 0) is 27.9 Å². The molecule has 0 atom stereocenters. The van der Waals surface area contributed by atoms with Crippen LogP contribution in [-0.4, -0.2) is 25.0 Å². The van der Waals surface area contributed by atoms with Crippen LogP contribution < -0.4 is 0 Å². The van der Waals surface area contributed by atoms with Crippen molar-refractivity contribution >= 4 is 0 Å². The van der Waals surface area contributed by atoms with E-state index in [1.807, 2.05) is 0 Å². The van der Waals surface area contributed by atoms with E-state index in [4.69, 9.17) is 0 Å². The minimum atomic E-state index is 0.528. The fraction of sp³-hybridized carbons (Fsp3) is 0.556. The van der Waals surface area contributed by atoms with Gasteiger partial charge in [0.1, 0.15) is 0 Å². The molecule has 0 bridgehead atoms. The molecule has 56 valence electrons. The fourth-order valence-corrected chi connectivity index (χ4v) is 1.12. The quantitative estimate of drug-likeness (QED) is 0.533. The second kappa shape index (κ2) is 2.59. The predicted molar refractivity (Wildman–Crippen MR) is 45.0 cm³/mol. The summed E-state index contributed by atoms with van der Waals surface area (Å²) in [6.45, 7) is 4.32. The molecule has 0 aliphatic heterocycles. The molecule has 0 N–H and O–H groups in total. The number of hydrogen-bond acceptors (Lipinski definition) is 1. The van der Waals surface area contributed by atoms with Crippen LogP contribution in [0.5, 0.6) is 0 Å². The second-order valence-electron chi connectivity index (χ2n) is 3.15. The monoisotopic (exact) mass is 137 g/mol. The normalized spacial score (nSPS) is 19.7. The van der Waals surface area contributed by atoms with Crippen LogP contribution in [-0.2, 0) is 0 Å². The Morgan fingerprint density at radius 1 is 1.10 bits per heavy atom. The Balaban J connectivity index is 2.73. The highest BCUT2D eigenvalue weighted by molar-refractivity contribution is 5.38. The highest BCUT2D eigenvalue weighted by Crippen LogP contribution is 2.19. The van der Waals surface area contributed by atoms with Gasteiger partial charge < -0.3 is 0 Å². The Hall–Kier alpha value is -0.560. The van der Waals surface area contributed by atoms with Crippen molar-refractivity contribution in [2.24, 2.45) is 0 Å². The molecule has 0 aromatic rings. The molecule has 1 aliphatic rings. The zero-order chi connectivity index (χ0) is 7.72. The highest BCUT2D eigenvalue weighted by atomic mass is 15.1. The molecule has 1 rings (SSSR count). The van der Waals surface area contributed by atoms with Crippen molar-refractivity contribution in [1.82, 2.24) is 4.90 Å². The zero-order valence-electron chi connectivity index (χ0n) is 7.18. The Kier molecular flexibility index (Phi) is 1.95. The summed E-state index contributed by atoms with van der Waals surface area (Å²) >= 11 is 0. The Morgan fingerprint density at radius 3 is 1.70 bits per heavy atom. The number of allylic oxidation sites excluding steroid dienone is 2. The first-order valence-electron chi connectivity index (χ1n) is 3.65. The molecule has 0 amide bonds. The SMILES string of the molecule is CC1=CC(N(C)C)C=C1C. The molecule has 0 saturated carbocycles. The van der Waals surface area contributed by atoms with Gasteiger partial charge in [-0.1, -0.05) is 23.3 Å². The van der Waals surface area contributed by atoms with Gasteiger partial charge in [0.15, 0.2) is 0 Å². The molecule has 1 aliphatic carbocycles. The minimum absolute atomic E-state index is 0.528. The maximum atomic E-state index is 2.29. The van der Waals surface area contributed by atoms with E-state index in [9.17, 15) is 0 Å². The van der Waals surface area contributed by atoms with Crippen molar-refractivity contribution in [3.63, 3.8) is 0 Å². The van der Waals surface area contributed by atoms with E-state index in [1.54, 1.807) is 0 Å². The summed E-state index contributed by atoms with van der Waals surface area (Å²) in [5.74, 6) is 0. The van der Waals surface area contributed by atoms with Crippen LogP contribution in [0.2, 0.25) is 0 Å². The molecular formula is C9H15N. The van der Waals surface area contributed by atoms with Gasteiger partial charge in [-0.15, -0.1) is 0 Å². The number of hydrogen-bond donors (Lipinski definition) is 0. The molecule has 0 saturated heterocycles. The third-order valence-corrected chi connectivity index (χ3v) is 2.06. The van der Waals surface area contributed by atoms with Crippen LogP contribution in [0.25, 0.3) is 0 Å². The second-order valence-corrected chi connectivity index (χ2v) is 3.15. The molecular weight excluding hydrogens is 122 g/mol.